The molecule has 0 fully saturated rings. The highest BCUT2D eigenvalue weighted by Crippen LogP contribution is 2.48. The van der Waals surface area contributed by atoms with E-state index in [0.29, 0.717) is 39.0 Å². The number of anilines is 2. The van der Waals surface area contributed by atoms with Crippen molar-refractivity contribution in [2.45, 2.75) is 31.0 Å². The van der Waals surface area contributed by atoms with Gasteiger partial charge in [-0.3, -0.25) is 14.5 Å². The van der Waals surface area contributed by atoms with Crippen LogP contribution in [-0.4, -0.2) is 25.0 Å². The van der Waals surface area contributed by atoms with E-state index in [0.717, 1.165) is 5.56 Å². The van der Waals surface area contributed by atoms with Gasteiger partial charge in [0.1, 0.15) is 5.75 Å². The number of nitrogens with zero attached hydrogens (tertiary/aromatic N) is 1. The maximum Gasteiger partial charge on any atom is 0.471 e. The lowest BCUT2D eigenvalue weighted by molar-refractivity contribution is -0.170. The van der Waals surface area contributed by atoms with Crippen LogP contribution in [0, 0.1) is 0 Å². The fourth-order valence-corrected chi connectivity index (χ4v) is 5.15. The van der Waals surface area contributed by atoms with Gasteiger partial charge in [0.25, 0.3) is 0 Å². The number of allylic oxidation sites excluding steroid dienone is 1. The first-order valence-electron chi connectivity index (χ1n) is 11.6. The van der Waals surface area contributed by atoms with Crippen molar-refractivity contribution in [2.24, 2.45) is 0 Å². The number of carbonyl (C=O) groups excluding carboxylic acids is 2. The molecule has 1 heterocycles. The number of ketones is 1. The molecule has 190 valence electrons. The second kappa shape index (κ2) is 9.59. The first-order chi connectivity index (χ1) is 17.7. The molecule has 9 heteroatoms. The summed E-state index contributed by atoms with van der Waals surface area (Å²) < 4.78 is 47.0. The first-order valence-corrected chi connectivity index (χ1v) is 12.0. The van der Waals surface area contributed by atoms with Gasteiger partial charge in [0, 0.05) is 22.7 Å². The van der Waals surface area contributed by atoms with Crippen molar-refractivity contribution in [2.75, 3.05) is 17.3 Å². The molecule has 2 atom stereocenters. The summed E-state index contributed by atoms with van der Waals surface area (Å²) in [5, 5.41) is 3.59. The van der Waals surface area contributed by atoms with Crippen molar-refractivity contribution in [1.82, 2.24) is 0 Å². The van der Waals surface area contributed by atoms with Crippen molar-refractivity contribution in [3.8, 4) is 5.75 Å². The number of hydrogen-bond donors (Lipinski definition) is 1. The Morgan fingerprint density at radius 1 is 0.973 bits per heavy atom. The fraction of sp³-hybridized carbons (Fsp3) is 0.214. The summed E-state index contributed by atoms with van der Waals surface area (Å²) in [5.74, 6) is -1.91. The molecule has 5 nitrogen and oxygen atoms in total. The number of nitrogens with one attached hydrogen (secondary N) is 1. The van der Waals surface area contributed by atoms with Gasteiger partial charge in [0.15, 0.2) is 5.78 Å². The van der Waals surface area contributed by atoms with Gasteiger partial charge in [-0.25, -0.2) is 0 Å². The molecule has 0 spiro atoms. The van der Waals surface area contributed by atoms with Gasteiger partial charge in [0.05, 0.1) is 24.5 Å². The minimum Gasteiger partial charge on any atom is -0.497 e. The Labute approximate surface area is 216 Å². The molecule has 0 radical (unpaired) electrons. The summed E-state index contributed by atoms with van der Waals surface area (Å²) in [6.07, 6.45) is -4.70. The molecule has 0 saturated heterocycles. The van der Waals surface area contributed by atoms with Crippen LogP contribution in [0.3, 0.4) is 0 Å². The van der Waals surface area contributed by atoms with Gasteiger partial charge >= 0.3 is 12.1 Å². The van der Waals surface area contributed by atoms with E-state index in [-0.39, 0.29) is 29.4 Å². The number of para-hydroxylation sites is 2. The van der Waals surface area contributed by atoms with E-state index in [2.05, 4.69) is 5.32 Å². The molecule has 3 aromatic carbocycles. The van der Waals surface area contributed by atoms with Crippen LogP contribution in [-0.2, 0) is 9.59 Å². The van der Waals surface area contributed by atoms with Gasteiger partial charge < -0.3 is 10.1 Å². The smallest absolute Gasteiger partial charge is 0.471 e. The van der Waals surface area contributed by atoms with E-state index in [4.69, 9.17) is 16.3 Å². The molecule has 2 aliphatic rings. The molecular formula is C28H22ClF3N2O3. The van der Waals surface area contributed by atoms with E-state index < -0.39 is 18.1 Å². The van der Waals surface area contributed by atoms with Crippen LogP contribution >= 0.6 is 11.6 Å². The quantitative estimate of drug-likeness (QED) is 0.407. The fourth-order valence-electron chi connectivity index (χ4n) is 5.02. The molecular weight excluding hydrogens is 505 g/mol. The molecule has 1 amide bonds. The van der Waals surface area contributed by atoms with Gasteiger partial charge in [0.2, 0.25) is 0 Å². The number of Topliss-reactive ketones (excluding diaryl/α,β-unsaturated/α-hetero) is 1. The van der Waals surface area contributed by atoms with Crippen LogP contribution in [0.2, 0.25) is 5.02 Å². The normalized spacial score (nSPS) is 19.5. The molecule has 5 rings (SSSR count). The Morgan fingerprint density at radius 3 is 2.27 bits per heavy atom. The highest BCUT2D eigenvalue weighted by molar-refractivity contribution is 6.30. The minimum atomic E-state index is -5.16. The number of amides is 1. The van der Waals surface area contributed by atoms with Crippen molar-refractivity contribution in [1.29, 1.82) is 0 Å². The highest BCUT2D eigenvalue weighted by Gasteiger charge is 2.49. The van der Waals surface area contributed by atoms with Crippen LogP contribution in [0.1, 0.15) is 35.9 Å². The van der Waals surface area contributed by atoms with Crippen LogP contribution < -0.4 is 15.0 Å². The standard InChI is InChI=1S/C28H22ClF3N2O3/c1-37-20-12-8-16(9-13-20)18-14-22-25(24(35)15-18)26(17-6-10-19(29)11-7-17)34(27(36)28(30,31)32)23-5-3-2-4-21(23)33-22/h2-13,18,26,33H,14-15H2,1H3/t18-,26-/m0/s1. The number of benzene rings is 3. The summed E-state index contributed by atoms with van der Waals surface area (Å²) in [6.45, 7) is 0. The zero-order chi connectivity index (χ0) is 26.3. The largest absolute Gasteiger partial charge is 0.497 e. The van der Waals surface area contributed by atoms with Gasteiger partial charge in [-0.2, -0.15) is 13.2 Å². The Balaban J connectivity index is 1.70. The van der Waals surface area contributed by atoms with Crippen LogP contribution in [0.25, 0.3) is 0 Å². The number of halogens is 4. The van der Waals surface area contributed by atoms with Crippen LogP contribution in [0.15, 0.2) is 84.1 Å². The van der Waals surface area contributed by atoms with Crippen molar-refractivity contribution < 1.29 is 27.5 Å². The van der Waals surface area contributed by atoms with E-state index in [9.17, 15) is 22.8 Å². The number of ether oxygens (including phenoxy) is 1. The number of carbonyl (C=O) groups is 2. The van der Waals surface area contributed by atoms with Crippen molar-refractivity contribution >= 4 is 34.7 Å². The highest BCUT2D eigenvalue weighted by atomic mass is 35.5. The van der Waals surface area contributed by atoms with Gasteiger partial charge in [-0.05, 0) is 59.9 Å². The number of alkyl halides is 3. The van der Waals surface area contributed by atoms with Crippen LogP contribution in [0.4, 0.5) is 24.5 Å². The monoisotopic (exact) mass is 526 g/mol. The Hall–Kier alpha value is -3.78. The Bertz CT molecular complexity index is 1390. The molecule has 1 aliphatic carbocycles. The molecule has 3 aromatic rings. The van der Waals surface area contributed by atoms with Crippen molar-refractivity contribution in [3.05, 3.63) is 100 Å². The zero-order valence-corrected chi connectivity index (χ0v) is 20.4. The second-order valence-corrected chi connectivity index (χ2v) is 9.40. The molecule has 0 saturated carbocycles. The predicted molar refractivity (Wildman–Crippen MR) is 135 cm³/mol. The first kappa shape index (κ1) is 24.9. The number of hydrogen-bond acceptors (Lipinski definition) is 4. The van der Waals surface area contributed by atoms with Crippen LogP contribution in [0.5, 0.6) is 5.75 Å². The maximum absolute atomic E-state index is 13.9. The molecule has 37 heavy (non-hydrogen) atoms. The molecule has 1 N–H and O–H groups in total. The van der Waals surface area contributed by atoms with E-state index in [1.807, 2.05) is 12.1 Å². The number of rotatable bonds is 3. The van der Waals surface area contributed by atoms with E-state index >= 15 is 0 Å². The SMILES string of the molecule is COc1ccc([C@@H]2CC(=O)C3=C(C2)Nc2ccccc2N(C(=O)C(F)(F)F)[C@H]3c2ccc(Cl)cc2)cc1. The topological polar surface area (TPSA) is 58.6 Å². The average molecular weight is 527 g/mol. The third-order valence-corrected chi connectivity index (χ3v) is 6.97. The molecule has 1 aliphatic heterocycles. The average Bonchev–Trinajstić information content (AvgIpc) is 3.03. The van der Waals surface area contributed by atoms with E-state index in [1.165, 1.54) is 18.2 Å². The maximum atomic E-state index is 13.9. The summed E-state index contributed by atoms with van der Waals surface area (Å²) in [7, 11) is 1.56. The lowest BCUT2D eigenvalue weighted by Crippen LogP contribution is -2.45. The number of fused-ring (bicyclic) bond motifs is 1. The van der Waals surface area contributed by atoms with E-state index in [1.54, 1.807) is 49.6 Å². The lowest BCUT2D eigenvalue weighted by atomic mass is 9.78. The Morgan fingerprint density at radius 2 is 1.62 bits per heavy atom. The minimum absolute atomic E-state index is 0.0352. The van der Waals surface area contributed by atoms with Gasteiger partial charge in [-0.15, -0.1) is 0 Å². The zero-order valence-electron chi connectivity index (χ0n) is 19.7. The molecule has 0 aromatic heterocycles. The predicted octanol–water partition coefficient (Wildman–Crippen LogP) is 6.81. The molecule has 0 bridgehead atoms. The third kappa shape index (κ3) is 4.69. The van der Waals surface area contributed by atoms with Crippen molar-refractivity contribution in [3.63, 3.8) is 0 Å². The summed E-state index contributed by atoms with van der Waals surface area (Å²) >= 11 is 6.05. The number of methoxy groups -OCH3 is 1. The summed E-state index contributed by atoms with van der Waals surface area (Å²) in [4.78, 5) is 27.3. The van der Waals surface area contributed by atoms with Gasteiger partial charge in [-0.1, -0.05) is 48.0 Å². The Kier molecular flexibility index (Phi) is 6.45. The molecule has 0 unspecified atom stereocenters. The summed E-state index contributed by atoms with van der Waals surface area (Å²) in [6, 6.07) is 18.5. The second-order valence-electron chi connectivity index (χ2n) is 8.96. The third-order valence-electron chi connectivity index (χ3n) is 6.72. The lowest BCUT2D eigenvalue weighted by Gasteiger charge is -2.35. The summed E-state index contributed by atoms with van der Waals surface area (Å²) in [5.41, 5.74) is 2.23.